The number of carbonyl (C=O) groups is 2. The summed E-state index contributed by atoms with van der Waals surface area (Å²) in [6.45, 7) is 1.64. The highest BCUT2D eigenvalue weighted by atomic mass is 16.6. The highest BCUT2D eigenvalue weighted by Crippen LogP contribution is 2.27. The maximum atomic E-state index is 12.6. The highest BCUT2D eigenvalue weighted by Gasteiger charge is 2.47. The lowest BCUT2D eigenvalue weighted by molar-refractivity contribution is -0.134. The Kier molecular flexibility index (Phi) is 5.79. The van der Waals surface area contributed by atoms with E-state index in [1.807, 2.05) is 12.1 Å². The summed E-state index contributed by atoms with van der Waals surface area (Å²) in [6.07, 6.45) is 1.77. The molecule has 0 spiro atoms. The molecule has 3 N–H and O–H groups in total. The van der Waals surface area contributed by atoms with Gasteiger partial charge in [-0.1, -0.05) is 12.1 Å². The minimum atomic E-state index is -0.833. The van der Waals surface area contributed by atoms with Gasteiger partial charge >= 0.3 is 0 Å². The highest BCUT2D eigenvalue weighted by molar-refractivity contribution is 5.98. The summed E-state index contributed by atoms with van der Waals surface area (Å²) in [5.74, 6) is -1.06. The molecule has 10 nitrogen and oxygen atoms in total. The Balaban J connectivity index is 0.000000481. The van der Waals surface area contributed by atoms with Crippen molar-refractivity contribution in [2.24, 2.45) is 0 Å². The summed E-state index contributed by atoms with van der Waals surface area (Å²) in [7, 11) is 0. The first kappa shape index (κ1) is 19.0. The van der Waals surface area contributed by atoms with Gasteiger partial charge in [-0.25, -0.2) is 0 Å². The van der Waals surface area contributed by atoms with Gasteiger partial charge in [-0.2, -0.15) is 0 Å². The number of nitrogens with one attached hydrogen (secondary N) is 1. The van der Waals surface area contributed by atoms with Crippen molar-refractivity contribution in [1.82, 2.24) is 20.1 Å². The quantitative estimate of drug-likeness (QED) is 0.659. The van der Waals surface area contributed by atoms with E-state index in [1.54, 1.807) is 16.7 Å². The normalized spacial score (nSPS) is 26.0. The molecular weight excluding hydrogens is 356 g/mol. The van der Waals surface area contributed by atoms with Crippen molar-refractivity contribution >= 4 is 11.9 Å². The molecule has 144 valence electrons. The van der Waals surface area contributed by atoms with E-state index in [-0.39, 0.29) is 30.8 Å². The average Bonchev–Trinajstić information content (AvgIpc) is 3.35. The number of hydrogen-bond donors (Lipinski definition) is 3. The second-order valence-corrected chi connectivity index (χ2v) is 6.15. The Bertz CT molecular complexity index is 792. The number of aliphatic hydroxyl groups excluding tert-OH is 1. The summed E-state index contributed by atoms with van der Waals surface area (Å²) >= 11 is 0. The molecule has 0 unspecified atom stereocenters. The lowest BCUT2D eigenvalue weighted by Gasteiger charge is -2.18. The zero-order chi connectivity index (χ0) is 19.4. The molecule has 2 fully saturated rings. The zero-order valence-electron chi connectivity index (χ0n) is 14.6. The Morgan fingerprint density at radius 2 is 1.78 bits per heavy atom. The molecule has 2 aliphatic heterocycles. The van der Waals surface area contributed by atoms with Gasteiger partial charge in [0, 0.05) is 6.92 Å². The number of carboxylic acid groups (broad SMARTS) is 1. The second-order valence-electron chi connectivity index (χ2n) is 6.15. The third-order valence-electron chi connectivity index (χ3n) is 4.19. The van der Waals surface area contributed by atoms with Gasteiger partial charge in [-0.3, -0.25) is 14.2 Å². The Morgan fingerprint density at radius 3 is 2.48 bits per heavy atom. The molecule has 10 heteroatoms. The Hall–Kier alpha value is -2.82. The summed E-state index contributed by atoms with van der Waals surface area (Å²) in [4.78, 5) is 21.6. The summed E-state index contributed by atoms with van der Waals surface area (Å²) in [5.41, 5.74) is 1.20. The van der Waals surface area contributed by atoms with Crippen molar-refractivity contribution in [3.63, 3.8) is 0 Å². The van der Waals surface area contributed by atoms with Crippen molar-refractivity contribution in [2.75, 3.05) is 13.2 Å². The fraction of sp³-hybridized carbons (Fsp3) is 0.412. The summed E-state index contributed by atoms with van der Waals surface area (Å²) in [6, 6.07) is 6.92. The summed E-state index contributed by atoms with van der Waals surface area (Å²) in [5, 5.41) is 27.6. The predicted octanol–water partition coefficient (Wildman–Crippen LogP) is -0.385. The molecule has 4 rings (SSSR count). The second kappa shape index (κ2) is 8.25. The monoisotopic (exact) mass is 376 g/mol. The molecule has 3 heterocycles. The fourth-order valence-electron chi connectivity index (χ4n) is 3.06. The van der Waals surface area contributed by atoms with Crippen LogP contribution in [0, 0.1) is 0 Å². The molecule has 2 saturated heterocycles. The molecule has 4 atom stereocenters. The molecule has 1 amide bonds. The molecule has 0 radical (unpaired) electrons. The number of nitrogens with zero attached hydrogens (tertiary/aromatic N) is 3. The number of aliphatic carboxylic acids is 1. The van der Waals surface area contributed by atoms with Crippen LogP contribution in [0.5, 0.6) is 0 Å². The number of carboxylic acids is 1. The maximum Gasteiger partial charge on any atom is 0.300 e. The number of para-hydroxylation sites is 1. The number of amides is 1. The smallest absolute Gasteiger partial charge is 0.300 e. The van der Waals surface area contributed by atoms with Crippen molar-refractivity contribution in [1.29, 1.82) is 0 Å². The maximum absolute atomic E-state index is 12.6. The van der Waals surface area contributed by atoms with E-state index in [1.165, 1.54) is 12.7 Å². The Labute approximate surface area is 154 Å². The van der Waals surface area contributed by atoms with Gasteiger partial charge < -0.3 is 25.0 Å². The van der Waals surface area contributed by atoms with Gasteiger partial charge in [-0.15, -0.1) is 10.2 Å². The van der Waals surface area contributed by atoms with Gasteiger partial charge in [-0.05, 0) is 12.1 Å². The van der Waals surface area contributed by atoms with E-state index < -0.39 is 12.1 Å². The number of ether oxygens (including phenoxy) is 2. The largest absolute Gasteiger partial charge is 0.481 e. The van der Waals surface area contributed by atoms with E-state index in [0.717, 1.165) is 6.92 Å². The van der Waals surface area contributed by atoms with Crippen molar-refractivity contribution in [3.8, 4) is 5.69 Å². The van der Waals surface area contributed by atoms with Gasteiger partial charge in [0.05, 0.1) is 30.5 Å². The molecule has 27 heavy (non-hydrogen) atoms. The van der Waals surface area contributed by atoms with Gasteiger partial charge in [0.15, 0.2) is 0 Å². The third kappa shape index (κ3) is 4.30. The van der Waals surface area contributed by atoms with Crippen LogP contribution in [-0.4, -0.2) is 74.4 Å². The van der Waals surface area contributed by atoms with Crippen LogP contribution in [0.1, 0.15) is 17.3 Å². The van der Waals surface area contributed by atoms with E-state index in [0.29, 0.717) is 17.9 Å². The number of hydrogen-bond acceptors (Lipinski definition) is 7. The number of carbonyl (C=O) groups excluding carboxylic acids is 1. The zero-order valence-corrected chi connectivity index (χ0v) is 14.6. The van der Waals surface area contributed by atoms with Gasteiger partial charge in [0.25, 0.3) is 11.9 Å². The minimum absolute atomic E-state index is 0.228. The van der Waals surface area contributed by atoms with Crippen LogP contribution < -0.4 is 5.32 Å². The third-order valence-corrected chi connectivity index (χ3v) is 4.19. The predicted molar refractivity (Wildman–Crippen MR) is 91.4 cm³/mol. The average molecular weight is 376 g/mol. The fourth-order valence-corrected chi connectivity index (χ4v) is 3.06. The molecule has 2 aliphatic rings. The van der Waals surface area contributed by atoms with Gasteiger partial charge in [0.1, 0.15) is 31.0 Å². The lowest BCUT2D eigenvalue weighted by atomic mass is 10.1. The molecule has 0 aliphatic carbocycles. The van der Waals surface area contributed by atoms with Crippen molar-refractivity contribution < 1.29 is 29.3 Å². The van der Waals surface area contributed by atoms with Crippen LogP contribution in [0.4, 0.5) is 0 Å². The van der Waals surface area contributed by atoms with Crippen LogP contribution in [0.25, 0.3) is 5.69 Å². The van der Waals surface area contributed by atoms with Crippen LogP contribution >= 0.6 is 0 Å². The molecule has 0 bridgehead atoms. The first-order valence-corrected chi connectivity index (χ1v) is 8.33. The van der Waals surface area contributed by atoms with E-state index >= 15 is 0 Å². The van der Waals surface area contributed by atoms with Crippen LogP contribution in [0.15, 0.2) is 36.9 Å². The molecular formula is C17H20N4O6. The first-order chi connectivity index (χ1) is 13.0. The number of rotatable bonds is 3. The van der Waals surface area contributed by atoms with Crippen molar-refractivity contribution in [3.05, 3.63) is 42.5 Å². The van der Waals surface area contributed by atoms with Gasteiger partial charge in [0.2, 0.25) is 0 Å². The molecule has 1 aromatic carbocycles. The first-order valence-electron chi connectivity index (χ1n) is 8.33. The SMILES string of the molecule is CC(=O)O.O=C(N[C@H]1CO[C@H]2[C@@H]1OC[C@H]2O)c1ccccc1-n1cnnc1. The Morgan fingerprint density at radius 1 is 1.15 bits per heavy atom. The van der Waals surface area contributed by atoms with Crippen molar-refractivity contribution in [2.45, 2.75) is 31.3 Å². The number of benzene rings is 1. The molecule has 1 aromatic heterocycles. The van der Waals surface area contributed by atoms with E-state index in [2.05, 4.69) is 15.5 Å². The topological polar surface area (TPSA) is 136 Å². The van der Waals surface area contributed by atoms with Crippen LogP contribution in [0.2, 0.25) is 0 Å². The number of aromatic nitrogens is 3. The molecule has 0 saturated carbocycles. The number of aliphatic hydroxyl groups is 1. The minimum Gasteiger partial charge on any atom is -0.481 e. The van der Waals surface area contributed by atoms with Crippen LogP contribution in [-0.2, 0) is 14.3 Å². The standard InChI is InChI=1S/C15H16N4O4.C2H4O2/c20-12-6-23-13-10(5-22-14(12)13)18-15(21)9-3-1-2-4-11(9)19-7-16-17-8-19;1-2(3)4/h1-4,7-8,10,12-14,20H,5-6H2,(H,18,21);1H3,(H,3,4)/t10-,12+,13+,14+;/m0./s1. The van der Waals surface area contributed by atoms with E-state index in [9.17, 15) is 9.90 Å². The lowest BCUT2D eigenvalue weighted by Crippen LogP contribution is -2.44. The number of fused-ring (bicyclic) bond motifs is 1. The van der Waals surface area contributed by atoms with E-state index in [4.69, 9.17) is 19.4 Å². The summed E-state index contributed by atoms with van der Waals surface area (Å²) < 4.78 is 12.7. The van der Waals surface area contributed by atoms with Crippen LogP contribution in [0.3, 0.4) is 0 Å². The molecule has 2 aromatic rings.